The van der Waals surface area contributed by atoms with Gasteiger partial charge in [-0.3, -0.25) is 20.2 Å². The van der Waals surface area contributed by atoms with Gasteiger partial charge in [-0.15, -0.1) is 0 Å². The Kier molecular flexibility index (Phi) is 7.02. The number of ether oxygens (including phenoxy) is 2. The zero-order valence-corrected chi connectivity index (χ0v) is 18.3. The summed E-state index contributed by atoms with van der Waals surface area (Å²) >= 11 is 0. The monoisotopic (exact) mass is 424 g/mol. The van der Waals surface area contributed by atoms with Crippen LogP contribution in [0.3, 0.4) is 0 Å². The predicted octanol–water partition coefficient (Wildman–Crippen LogP) is 2.93. The van der Waals surface area contributed by atoms with Crippen LogP contribution < -0.4 is 5.19 Å². The van der Waals surface area contributed by atoms with E-state index in [9.17, 15) is 20.2 Å². The predicted molar refractivity (Wildman–Crippen MR) is 115 cm³/mol. The second-order valence-electron chi connectivity index (χ2n) is 6.58. The van der Waals surface area contributed by atoms with Gasteiger partial charge in [0.2, 0.25) is 0 Å². The summed E-state index contributed by atoms with van der Waals surface area (Å²) in [6.45, 7) is -0.0663. The SMILES string of the molecule is O=[N+]([O-])c1ccccc1COC(OCc1ccccc1[N+](=O)[O-])c1ccccc1[SiH3]. The molecule has 0 N–H and O–H groups in total. The lowest BCUT2D eigenvalue weighted by atomic mass is 10.2. The number of nitro benzene ring substituents is 2. The zero-order chi connectivity index (χ0) is 21.5. The molecule has 0 heterocycles. The van der Waals surface area contributed by atoms with E-state index in [-0.39, 0.29) is 24.6 Å². The van der Waals surface area contributed by atoms with Crippen molar-refractivity contribution in [1.29, 1.82) is 0 Å². The Bertz CT molecular complexity index is 997. The Hall–Kier alpha value is -3.40. The lowest BCUT2D eigenvalue weighted by Crippen LogP contribution is -2.19. The van der Waals surface area contributed by atoms with Crippen molar-refractivity contribution in [3.8, 4) is 0 Å². The minimum Gasteiger partial charge on any atom is -0.343 e. The fourth-order valence-electron chi connectivity index (χ4n) is 3.03. The summed E-state index contributed by atoms with van der Waals surface area (Å²) in [5.41, 5.74) is 1.59. The van der Waals surface area contributed by atoms with E-state index < -0.39 is 16.1 Å². The molecular weight excluding hydrogens is 404 g/mol. The molecule has 3 aromatic carbocycles. The molecule has 0 atom stereocenters. The summed E-state index contributed by atoms with van der Waals surface area (Å²) in [5.74, 6) is 0. The summed E-state index contributed by atoms with van der Waals surface area (Å²) in [5, 5.41) is 23.6. The van der Waals surface area contributed by atoms with E-state index in [4.69, 9.17) is 9.47 Å². The minimum atomic E-state index is -0.821. The van der Waals surface area contributed by atoms with Gasteiger partial charge < -0.3 is 9.47 Å². The fourth-order valence-corrected chi connectivity index (χ4v) is 3.63. The second kappa shape index (κ2) is 9.88. The molecule has 0 bridgehead atoms. The van der Waals surface area contributed by atoms with E-state index in [1.807, 2.05) is 24.3 Å². The number of hydrogen-bond donors (Lipinski definition) is 0. The first-order chi connectivity index (χ1) is 14.5. The molecule has 0 aliphatic heterocycles. The summed E-state index contributed by atoms with van der Waals surface area (Å²) < 4.78 is 11.9. The lowest BCUT2D eigenvalue weighted by Gasteiger charge is -2.21. The van der Waals surface area contributed by atoms with E-state index in [1.165, 1.54) is 12.1 Å². The van der Waals surface area contributed by atoms with Crippen LogP contribution in [0.25, 0.3) is 0 Å². The molecule has 0 saturated carbocycles. The molecule has 3 aromatic rings. The van der Waals surface area contributed by atoms with Crippen LogP contribution in [0, 0.1) is 20.2 Å². The molecule has 0 aromatic heterocycles. The maximum atomic E-state index is 11.3. The van der Waals surface area contributed by atoms with Gasteiger partial charge in [0, 0.05) is 27.9 Å². The van der Waals surface area contributed by atoms with Crippen LogP contribution in [0.5, 0.6) is 0 Å². The Morgan fingerprint density at radius 3 is 1.63 bits per heavy atom. The van der Waals surface area contributed by atoms with Crippen LogP contribution in [0.2, 0.25) is 0 Å². The Labute approximate surface area is 175 Å². The Balaban J connectivity index is 1.83. The van der Waals surface area contributed by atoms with Crippen LogP contribution in [-0.4, -0.2) is 20.1 Å². The third-order valence-electron chi connectivity index (χ3n) is 4.60. The standard InChI is InChI=1S/C21H20N2O6Si/c24-22(25)18-10-4-1-7-15(18)13-28-21(17-9-3-6-12-20(17)30)29-14-16-8-2-5-11-19(16)23(26)27/h1-12,21H,13-14H2,30H3. The molecule has 0 amide bonds. The van der Waals surface area contributed by atoms with Crippen molar-refractivity contribution < 1.29 is 19.3 Å². The molecule has 0 radical (unpaired) electrons. The van der Waals surface area contributed by atoms with Crippen LogP contribution in [0.1, 0.15) is 23.0 Å². The number of para-hydroxylation sites is 2. The molecule has 0 fully saturated rings. The van der Waals surface area contributed by atoms with Crippen molar-refractivity contribution in [2.24, 2.45) is 0 Å². The first kappa shape index (κ1) is 21.3. The maximum Gasteiger partial charge on any atom is 0.274 e. The summed E-state index contributed by atoms with van der Waals surface area (Å²) in [6.07, 6.45) is -0.821. The van der Waals surface area contributed by atoms with Crippen LogP contribution in [-0.2, 0) is 22.7 Å². The highest BCUT2D eigenvalue weighted by molar-refractivity contribution is 6.33. The summed E-state index contributed by atoms with van der Waals surface area (Å²) in [7, 11) is 0.742. The maximum absolute atomic E-state index is 11.3. The molecule has 3 rings (SSSR count). The molecule has 0 unspecified atom stereocenters. The average molecular weight is 424 g/mol. The van der Waals surface area contributed by atoms with Gasteiger partial charge >= 0.3 is 0 Å². The van der Waals surface area contributed by atoms with E-state index in [0.717, 1.165) is 21.0 Å². The average Bonchev–Trinajstić information content (AvgIpc) is 2.75. The van der Waals surface area contributed by atoms with Crippen LogP contribution in [0.4, 0.5) is 11.4 Å². The number of benzene rings is 3. The third-order valence-corrected chi connectivity index (χ3v) is 5.51. The quantitative estimate of drug-likeness (QED) is 0.226. The molecule has 0 aliphatic carbocycles. The van der Waals surface area contributed by atoms with E-state index >= 15 is 0 Å². The molecular formula is C21H20N2O6Si. The fraction of sp³-hybridized carbons (Fsp3) is 0.143. The van der Waals surface area contributed by atoms with Crippen molar-refractivity contribution in [3.05, 3.63) is 110 Å². The number of nitro groups is 2. The van der Waals surface area contributed by atoms with E-state index in [1.54, 1.807) is 36.4 Å². The third kappa shape index (κ3) is 5.14. The van der Waals surface area contributed by atoms with Gasteiger partial charge in [0.25, 0.3) is 11.4 Å². The molecule has 154 valence electrons. The molecule has 0 aliphatic rings. The van der Waals surface area contributed by atoms with E-state index in [0.29, 0.717) is 11.1 Å². The van der Waals surface area contributed by atoms with Gasteiger partial charge in [0.15, 0.2) is 6.29 Å². The van der Waals surface area contributed by atoms with Crippen molar-refractivity contribution in [3.63, 3.8) is 0 Å². The van der Waals surface area contributed by atoms with Crippen molar-refractivity contribution >= 4 is 26.8 Å². The first-order valence-corrected chi connectivity index (χ1v) is 10.2. The van der Waals surface area contributed by atoms with Crippen molar-refractivity contribution in [2.75, 3.05) is 0 Å². The highest BCUT2D eigenvalue weighted by atomic mass is 28.1. The number of rotatable bonds is 9. The van der Waals surface area contributed by atoms with Crippen LogP contribution in [0.15, 0.2) is 72.8 Å². The second-order valence-corrected chi connectivity index (χ2v) is 7.66. The van der Waals surface area contributed by atoms with Gasteiger partial charge in [-0.2, -0.15) is 0 Å². The van der Waals surface area contributed by atoms with Crippen molar-refractivity contribution in [2.45, 2.75) is 19.5 Å². The van der Waals surface area contributed by atoms with Gasteiger partial charge in [-0.25, -0.2) is 0 Å². The Morgan fingerprint density at radius 2 is 1.17 bits per heavy atom. The topological polar surface area (TPSA) is 105 Å². The van der Waals surface area contributed by atoms with E-state index in [2.05, 4.69) is 0 Å². The minimum absolute atomic E-state index is 0.0331. The van der Waals surface area contributed by atoms with Gasteiger partial charge in [-0.05, 0) is 12.1 Å². The Morgan fingerprint density at radius 1 is 0.733 bits per heavy atom. The highest BCUT2D eigenvalue weighted by Crippen LogP contribution is 2.26. The lowest BCUT2D eigenvalue weighted by molar-refractivity contribution is -0.386. The molecule has 30 heavy (non-hydrogen) atoms. The summed E-state index contributed by atoms with van der Waals surface area (Å²) in [6, 6.07) is 20.3. The smallest absolute Gasteiger partial charge is 0.274 e. The highest BCUT2D eigenvalue weighted by Gasteiger charge is 2.20. The molecule has 0 spiro atoms. The molecule has 8 nitrogen and oxygen atoms in total. The zero-order valence-electron chi connectivity index (χ0n) is 16.3. The van der Waals surface area contributed by atoms with Gasteiger partial charge in [0.05, 0.1) is 34.2 Å². The first-order valence-electron chi connectivity index (χ1n) is 9.20. The molecule has 0 saturated heterocycles. The number of hydrogen-bond acceptors (Lipinski definition) is 6. The number of nitrogens with zero attached hydrogens (tertiary/aromatic N) is 2. The normalized spacial score (nSPS) is 11.0. The van der Waals surface area contributed by atoms with Gasteiger partial charge in [0.1, 0.15) is 0 Å². The van der Waals surface area contributed by atoms with Crippen LogP contribution >= 0.6 is 0 Å². The summed E-state index contributed by atoms with van der Waals surface area (Å²) in [4.78, 5) is 21.6. The molecule has 9 heteroatoms. The largest absolute Gasteiger partial charge is 0.343 e. The van der Waals surface area contributed by atoms with Crippen molar-refractivity contribution in [1.82, 2.24) is 0 Å². The van der Waals surface area contributed by atoms with Gasteiger partial charge in [-0.1, -0.05) is 53.7 Å².